The molecule has 11 heavy (non-hydrogen) atoms. The summed E-state index contributed by atoms with van der Waals surface area (Å²) in [6.07, 6.45) is 5.47. The van der Waals surface area contributed by atoms with E-state index in [1.165, 1.54) is 0 Å². The van der Waals surface area contributed by atoms with Gasteiger partial charge < -0.3 is 4.74 Å². The molecule has 0 aliphatic rings. The highest BCUT2D eigenvalue weighted by molar-refractivity contribution is 5.78. The highest BCUT2D eigenvalue weighted by Gasteiger charge is 2.00. The third-order valence-corrected chi connectivity index (χ3v) is 1.34. The first-order valence-electron chi connectivity index (χ1n) is 4.31. The summed E-state index contributed by atoms with van der Waals surface area (Å²) >= 11 is 0. The number of rotatable bonds is 6. The van der Waals surface area contributed by atoms with Crippen LogP contribution in [0.15, 0.2) is 0 Å². The van der Waals surface area contributed by atoms with Gasteiger partial charge in [0.1, 0.15) is 0 Å². The Balaban J connectivity index is 3.09. The molecule has 2 heteroatoms. The van der Waals surface area contributed by atoms with Crippen molar-refractivity contribution in [3.05, 3.63) is 6.42 Å². The summed E-state index contributed by atoms with van der Waals surface area (Å²) in [7, 11) is 0. The molecular weight excluding hydrogens is 140 g/mol. The lowest BCUT2D eigenvalue weighted by atomic mass is 10.2. The molecule has 2 nitrogen and oxygen atoms in total. The fraction of sp³-hybridized carbons (Fsp3) is 0.778. The number of carbonyl (C=O) groups is 1. The lowest BCUT2D eigenvalue weighted by Crippen LogP contribution is -2.05. The van der Waals surface area contributed by atoms with Gasteiger partial charge in [0.15, 0.2) is 0 Å². The highest BCUT2D eigenvalue weighted by Crippen LogP contribution is 1.96. The molecule has 0 amide bonds. The van der Waals surface area contributed by atoms with Crippen LogP contribution in [0.5, 0.6) is 0 Å². The number of hydrogen-bond donors (Lipinski definition) is 0. The number of carbonyl (C=O) groups excluding carboxylic acids is 1. The van der Waals surface area contributed by atoms with Gasteiger partial charge in [-0.15, -0.1) is 0 Å². The Kier molecular flexibility index (Phi) is 7.21. The summed E-state index contributed by atoms with van der Waals surface area (Å²) in [4.78, 5) is 10.8. The maximum Gasteiger partial charge on any atom is 0.309 e. The molecule has 0 saturated carbocycles. The highest BCUT2D eigenvalue weighted by atomic mass is 16.5. The molecule has 0 unspecified atom stereocenters. The van der Waals surface area contributed by atoms with Crippen molar-refractivity contribution in [3.8, 4) is 0 Å². The van der Waals surface area contributed by atoms with Gasteiger partial charge in [0, 0.05) is 0 Å². The summed E-state index contributed by atoms with van der Waals surface area (Å²) in [5.74, 6) is -0.166. The molecule has 0 aromatic rings. The summed E-state index contributed by atoms with van der Waals surface area (Å²) < 4.78 is 4.89. The smallest absolute Gasteiger partial charge is 0.309 e. The summed E-state index contributed by atoms with van der Waals surface area (Å²) in [6.45, 7) is 4.68. The molecule has 1 radical (unpaired) electrons. The Bertz CT molecular complexity index is 99.7. The molecule has 0 aliphatic carbocycles. The SMILES string of the molecule is CCC[CH]C(=O)OCCCC. The van der Waals surface area contributed by atoms with Crippen LogP contribution in [0.2, 0.25) is 0 Å². The second kappa shape index (κ2) is 7.58. The second-order valence-electron chi connectivity index (χ2n) is 2.51. The van der Waals surface area contributed by atoms with Crippen molar-refractivity contribution in [2.75, 3.05) is 6.61 Å². The van der Waals surface area contributed by atoms with Gasteiger partial charge in [-0.25, -0.2) is 0 Å². The maximum absolute atomic E-state index is 10.8. The third-order valence-electron chi connectivity index (χ3n) is 1.34. The molecule has 0 atom stereocenters. The first-order valence-corrected chi connectivity index (χ1v) is 4.31. The molecule has 0 spiro atoms. The summed E-state index contributed by atoms with van der Waals surface area (Å²) in [5, 5.41) is 0. The van der Waals surface area contributed by atoms with Crippen molar-refractivity contribution in [1.82, 2.24) is 0 Å². The molecule has 0 aromatic heterocycles. The second-order valence-corrected chi connectivity index (χ2v) is 2.51. The van der Waals surface area contributed by atoms with Crippen LogP contribution >= 0.6 is 0 Å². The van der Waals surface area contributed by atoms with Crippen LogP contribution in [0.4, 0.5) is 0 Å². The standard InChI is InChI=1S/C9H17O2/c1-3-5-7-9(10)11-8-6-4-2/h7H,3-6,8H2,1-2H3. The Hall–Kier alpha value is -0.530. The van der Waals surface area contributed by atoms with Gasteiger partial charge in [0.25, 0.3) is 0 Å². The van der Waals surface area contributed by atoms with Gasteiger partial charge in [-0.1, -0.05) is 26.7 Å². The Labute approximate surface area is 68.9 Å². The van der Waals surface area contributed by atoms with E-state index in [1.54, 1.807) is 6.42 Å². The number of esters is 1. The van der Waals surface area contributed by atoms with E-state index in [2.05, 4.69) is 6.92 Å². The lowest BCUT2D eigenvalue weighted by Gasteiger charge is -2.01. The van der Waals surface area contributed by atoms with Crippen molar-refractivity contribution < 1.29 is 9.53 Å². The van der Waals surface area contributed by atoms with Crippen molar-refractivity contribution in [2.45, 2.75) is 39.5 Å². The molecule has 0 bridgehead atoms. The molecular formula is C9H17O2. The van der Waals surface area contributed by atoms with Crippen LogP contribution < -0.4 is 0 Å². The molecule has 0 rings (SSSR count). The first kappa shape index (κ1) is 10.5. The zero-order chi connectivity index (χ0) is 8.53. The third kappa shape index (κ3) is 7.37. The molecule has 0 fully saturated rings. The van der Waals surface area contributed by atoms with E-state index in [1.807, 2.05) is 6.92 Å². The molecule has 0 aromatic carbocycles. The topological polar surface area (TPSA) is 26.3 Å². The molecule has 0 saturated heterocycles. The predicted molar refractivity (Wildman–Crippen MR) is 45.1 cm³/mol. The summed E-state index contributed by atoms with van der Waals surface area (Å²) in [6, 6.07) is 0. The van der Waals surface area contributed by atoms with E-state index < -0.39 is 0 Å². The lowest BCUT2D eigenvalue weighted by molar-refractivity contribution is -0.139. The van der Waals surface area contributed by atoms with Crippen molar-refractivity contribution in [3.63, 3.8) is 0 Å². The molecule has 65 valence electrons. The van der Waals surface area contributed by atoms with Gasteiger partial charge >= 0.3 is 5.97 Å². The zero-order valence-electron chi connectivity index (χ0n) is 7.43. The van der Waals surface area contributed by atoms with Crippen LogP contribution in [-0.2, 0) is 9.53 Å². The van der Waals surface area contributed by atoms with Crippen molar-refractivity contribution >= 4 is 5.97 Å². The van der Waals surface area contributed by atoms with E-state index in [0.717, 1.165) is 25.7 Å². The average molecular weight is 157 g/mol. The van der Waals surface area contributed by atoms with Gasteiger partial charge in [0.2, 0.25) is 0 Å². The van der Waals surface area contributed by atoms with Crippen LogP contribution in [0.25, 0.3) is 0 Å². The van der Waals surface area contributed by atoms with E-state index in [0.29, 0.717) is 6.61 Å². The number of ether oxygens (including phenoxy) is 1. The molecule has 0 aliphatic heterocycles. The minimum absolute atomic E-state index is 0.166. The minimum Gasteiger partial charge on any atom is -0.465 e. The Morgan fingerprint density at radius 3 is 2.64 bits per heavy atom. The van der Waals surface area contributed by atoms with Gasteiger partial charge in [-0.2, -0.15) is 0 Å². The number of hydrogen-bond acceptors (Lipinski definition) is 2. The average Bonchev–Trinajstić information content (AvgIpc) is 2.01. The largest absolute Gasteiger partial charge is 0.465 e. The van der Waals surface area contributed by atoms with E-state index in [-0.39, 0.29) is 5.97 Å². The Morgan fingerprint density at radius 2 is 2.09 bits per heavy atom. The van der Waals surface area contributed by atoms with Gasteiger partial charge in [0.05, 0.1) is 13.0 Å². The van der Waals surface area contributed by atoms with E-state index >= 15 is 0 Å². The Morgan fingerprint density at radius 1 is 1.36 bits per heavy atom. The first-order chi connectivity index (χ1) is 5.31. The van der Waals surface area contributed by atoms with Crippen molar-refractivity contribution in [2.24, 2.45) is 0 Å². The van der Waals surface area contributed by atoms with Crippen LogP contribution in [0, 0.1) is 6.42 Å². The predicted octanol–water partition coefficient (Wildman–Crippen LogP) is 2.33. The van der Waals surface area contributed by atoms with Crippen LogP contribution in [0.1, 0.15) is 39.5 Å². The van der Waals surface area contributed by atoms with E-state index in [4.69, 9.17) is 4.74 Å². The number of unbranched alkanes of at least 4 members (excludes halogenated alkanes) is 2. The van der Waals surface area contributed by atoms with Crippen LogP contribution in [0.3, 0.4) is 0 Å². The fourth-order valence-corrected chi connectivity index (χ4v) is 0.638. The molecule has 0 heterocycles. The monoisotopic (exact) mass is 157 g/mol. The quantitative estimate of drug-likeness (QED) is 0.437. The summed E-state index contributed by atoms with van der Waals surface area (Å²) in [5.41, 5.74) is 0. The van der Waals surface area contributed by atoms with Crippen LogP contribution in [-0.4, -0.2) is 12.6 Å². The normalized spacial score (nSPS) is 9.64. The molecule has 0 N–H and O–H groups in total. The van der Waals surface area contributed by atoms with Gasteiger partial charge in [-0.3, -0.25) is 4.79 Å². The maximum atomic E-state index is 10.8. The van der Waals surface area contributed by atoms with Crippen molar-refractivity contribution in [1.29, 1.82) is 0 Å². The van der Waals surface area contributed by atoms with E-state index in [9.17, 15) is 4.79 Å². The zero-order valence-corrected chi connectivity index (χ0v) is 7.43. The van der Waals surface area contributed by atoms with Gasteiger partial charge in [-0.05, 0) is 12.8 Å². The fourth-order valence-electron chi connectivity index (χ4n) is 0.638. The minimum atomic E-state index is -0.166.